The van der Waals surface area contributed by atoms with E-state index in [-0.39, 0.29) is 50.9 Å². The number of ether oxygens (including phenoxy) is 3. The molecule has 0 radical (unpaired) electrons. The second-order valence-electron chi connectivity index (χ2n) is 14.3. The van der Waals surface area contributed by atoms with Crippen molar-refractivity contribution >= 4 is 66.6 Å². The van der Waals surface area contributed by atoms with Crippen LogP contribution < -0.4 is 17.2 Å². The van der Waals surface area contributed by atoms with Crippen LogP contribution in [0.5, 0.6) is 0 Å². The Morgan fingerprint density at radius 2 is 0.905 bits per heavy atom. The summed E-state index contributed by atoms with van der Waals surface area (Å²) in [7, 11) is -10.6. The summed E-state index contributed by atoms with van der Waals surface area (Å²) >= 11 is 0. The lowest BCUT2D eigenvalue weighted by molar-refractivity contribution is -0.0645. The molecule has 6 aromatic heterocycles. The molecule has 338 valence electrons. The largest absolute Gasteiger partial charge is 0.472 e. The Morgan fingerprint density at radius 1 is 0.540 bits per heavy atom. The molecule has 63 heavy (non-hydrogen) atoms. The molecule has 31 nitrogen and oxygen atoms in total. The molecule has 0 aliphatic carbocycles. The van der Waals surface area contributed by atoms with Gasteiger partial charge in [-0.15, -0.1) is 0 Å². The summed E-state index contributed by atoms with van der Waals surface area (Å²) in [5.41, 5.74) is 18.4. The van der Waals surface area contributed by atoms with Crippen LogP contribution in [-0.2, 0) is 41.4 Å². The highest BCUT2D eigenvalue weighted by Crippen LogP contribution is 2.53. The lowest BCUT2D eigenvalue weighted by Gasteiger charge is -2.25. The highest BCUT2D eigenvalue weighted by molar-refractivity contribution is 7.47. The summed E-state index contributed by atoms with van der Waals surface area (Å²) in [6, 6.07) is 0. The quantitative estimate of drug-likeness (QED) is 0.0472. The standard InChI is InChI=1S/C30H37N15O16P2/c31-22-13-25(37-4-34-22)43(7-40-13)28-19(50)16(47)11(58-28)2-55-62(51,52)61-21-18(49)12(59-30(21)45-9-42-15-24(33)36-6-39-27(15)45)3-56-63(53,54)60-20-17(48)10(1-46)57-29(20)44-8-41-14-23(32)35-5-38-26(14)44/h4-12,16-21,28-30,46-50H,1-3H2,(H,51,52)(H,53,54)(H2,31,34,37)(H2,32,35,38)(H2,33,36,39)/t10-,11-,12-,16+,17+,18+,19-,20-,21-,28-,29-,30-/m1/s1. The van der Waals surface area contributed by atoms with E-state index in [1.54, 1.807) is 0 Å². The van der Waals surface area contributed by atoms with Gasteiger partial charge in [-0.25, -0.2) is 54.0 Å². The predicted molar refractivity (Wildman–Crippen MR) is 203 cm³/mol. The normalized spacial score (nSPS) is 31.9. The highest BCUT2D eigenvalue weighted by atomic mass is 31.2. The third kappa shape index (κ3) is 7.86. The molecule has 0 amide bonds. The maximum atomic E-state index is 13.6. The number of nitrogens with two attached hydrogens (primary N) is 3. The number of hydrogen-bond acceptors (Lipinski definition) is 26. The number of phosphoric acid groups is 2. The number of aliphatic hydroxyl groups excluding tert-OH is 5. The molecule has 3 aliphatic rings. The van der Waals surface area contributed by atoms with E-state index in [0.717, 1.165) is 25.3 Å². The van der Waals surface area contributed by atoms with Gasteiger partial charge in [-0.2, -0.15) is 0 Å². The Hall–Kier alpha value is -5.05. The van der Waals surface area contributed by atoms with Gasteiger partial charge in [-0.1, -0.05) is 0 Å². The lowest BCUT2D eigenvalue weighted by atomic mass is 10.1. The van der Waals surface area contributed by atoms with E-state index in [9.17, 15) is 44.4 Å². The SMILES string of the molecule is Nc1ncnc2c1ncn2[C@@H]1O[C@H](COP(=O)(O)O[C@@H]2[C@@H](O)[C@@H](COP(=O)(O)O[C@@H]3[C@@H](O)[C@@H](CO)O[C@H]3n3cnc4c(N)ncnc43)O[C@H]2n2cnc3c(N)ncnc32)[C@H](O)[C@H]1O. The summed E-state index contributed by atoms with van der Waals surface area (Å²) in [6.07, 6.45) is -12.2. The van der Waals surface area contributed by atoms with E-state index in [0.29, 0.717) is 0 Å². The van der Waals surface area contributed by atoms with Crippen LogP contribution in [0.1, 0.15) is 18.7 Å². The smallest absolute Gasteiger partial charge is 0.394 e. The summed E-state index contributed by atoms with van der Waals surface area (Å²) < 4.78 is 69.5. The molecule has 0 saturated carbocycles. The van der Waals surface area contributed by atoms with Crippen molar-refractivity contribution in [2.45, 2.75) is 73.6 Å². The average molecular weight is 926 g/mol. The first kappa shape index (κ1) is 43.2. The summed E-state index contributed by atoms with van der Waals surface area (Å²) in [6.45, 7) is -2.53. The van der Waals surface area contributed by atoms with Crippen molar-refractivity contribution in [3.63, 3.8) is 0 Å². The zero-order chi connectivity index (χ0) is 44.5. The molecule has 13 N–H and O–H groups in total. The van der Waals surface area contributed by atoms with Gasteiger partial charge in [0.2, 0.25) is 0 Å². The number of anilines is 3. The van der Waals surface area contributed by atoms with E-state index in [4.69, 9.17) is 49.5 Å². The van der Waals surface area contributed by atoms with Crippen molar-refractivity contribution < 1.29 is 76.8 Å². The van der Waals surface area contributed by atoms with Crippen molar-refractivity contribution in [3.8, 4) is 0 Å². The number of hydrogen-bond donors (Lipinski definition) is 10. The van der Waals surface area contributed by atoms with Crippen molar-refractivity contribution in [3.05, 3.63) is 38.0 Å². The first-order chi connectivity index (χ1) is 30.1. The van der Waals surface area contributed by atoms with Crippen LogP contribution in [0.15, 0.2) is 38.0 Å². The van der Waals surface area contributed by atoms with Gasteiger partial charge >= 0.3 is 15.6 Å². The van der Waals surface area contributed by atoms with Gasteiger partial charge < -0.3 is 66.7 Å². The van der Waals surface area contributed by atoms with E-state index in [1.165, 1.54) is 26.4 Å². The second kappa shape index (κ2) is 16.5. The number of aliphatic hydroxyl groups is 5. The first-order valence-corrected chi connectivity index (χ1v) is 21.4. The summed E-state index contributed by atoms with van der Waals surface area (Å²) in [4.78, 5) is 58.2. The van der Waals surface area contributed by atoms with Gasteiger partial charge in [0.05, 0.1) is 38.8 Å². The van der Waals surface area contributed by atoms with Crippen molar-refractivity contribution in [2.24, 2.45) is 0 Å². The van der Waals surface area contributed by atoms with Crippen LogP contribution in [0.25, 0.3) is 33.5 Å². The molecule has 3 fully saturated rings. The van der Waals surface area contributed by atoms with Gasteiger partial charge in [0.1, 0.15) is 90.5 Å². The fraction of sp³-hybridized carbons (Fsp3) is 0.500. The van der Waals surface area contributed by atoms with Crippen LogP contribution in [-0.4, -0.2) is 169 Å². The highest BCUT2D eigenvalue weighted by Gasteiger charge is 2.53. The van der Waals surface area contributed by atoms with Gasteiger partial charge in [-0.05, 0) is 0 Å². The minimum absolute atomic E-state index is 0.00187. The van der Waals surface area contributed by atoms with Crippen LogP contribution >= 0.6 is 15.6 Å². The van der Waals surface area contributed by atoms with Crippen LogP contribution in [0.4, 0.5) is 17.5 Å². The third-order valence-electron chi connectivity index (χ3n) is 10.4. The number of imidazole rings is 3. The fourth-order valence-corrected chi connectivity index (χ4v) is 9.23. The maximum absolute atomic E-state index is 13.6. The van der Waals surface area contributed by atoms with Crippen molar-refractivity contribution in [1.82, 2.24) is 58.6 Å². The van der Waals surface area contributed by atoms with Crippen LogP contribution in [0.2, 0.25) is 0 Å². The molecular formula is C30H37N15O16P2. The van der Waals surface area contributed by atoms with Gasteiger partial charge in [0.15, 0.2) is 53.1 Å². The fourth-order valence-electron chi connectivity index (χ4n) is 7.37. The van der Waals surface area contributed by atoms with Crippen LogP contribution in [0.3, 0.4) is 0 Å². The first-order valence-electron chi connectivity index (χ1n) is 18.5. The Bertz CT molecular complexity index is 2750. The molecule has 14 atom stereocenters. The molecule has 9 heterocycles. The number of rotatable bonds is 14. The zero-order valence-electron chi connectivity index (χ0n) is 31.8. The minimum Gasteiger partial charge on any atom is -0.394 e. The minimum atomic E-state index is -5.29. The molecular weight excluding hydrogens is 888 g/mol. The molecule has 0 spiro atoms. The topological polar surface area (TPSA) is 449 Å². The van der Waals surface area contributed by atoms with E-state index < -0.39 is 109 Å². The Balaban J connectivity index is 0.913. The number of nitrogen functional groups attached to an aromatic ring is 3. The average Bonchev–Trinajstić information content (AvgIpc) is 4.11. The Kier molecular flexibility index (Phi) is 11.3. The molecule has 3 saturated heterocycles. The van der Waals surface area contributed by atoms with E-state index in [1.807, 2.05) is 0 Å². The Labute approximate surface area is 350 Å². The van der Waals surface area contributed by atoms with Gasteiger partial charge in [0, 0.05) is 0 Å². The number of phosphoric ester groups is 2. The van der Waals surface area contributed by atoms with E-state index >= 15 is 0 Å². The van der Waals surface area contributed by atoms with Gasteiger partial charge in [0.25, 0.3) is 0 Å². The molecule has 33 heteroatoms. The number of aromatic nitrogens is 12. The molecule has 2 unspecified atom stereocenters. The van der Waals surface area contributed by atoms with Crippen LogP contribution in [0, 0.1) is 0 Å². The predicted octanol–water partition coefficient (Wildman–Crippen LogP) is -3.61. The van der Waals surface area contributed by atoms with E-state index in [2.05, 4.69) is 44.9 Å². The Morgan fingerprint density at radius 3 is 1.33 bits per heavy atom. The van der Waals surface area contributed by atoms with Crippen molar-refractivity contribution in [2.75, 3.05) is 37.0 Å². The lowest BCUT2D eigenvalue weighted by Crippen LogP contribution is -2.37. The molecule has 6 aromatic rings. The third-order valence-corrected chi connectivity index (χ3v) is 12.4. The summed E-state index contributed by atoms with van der Waals surface area (Å²) in [5, 5.41) is 54.0. The molecule has 3 aliphatic heterocycles. The zero-order valence-corrected chi connectivity index (χ0v) is 33.6. The van der Waals surface area contributed by atoms with Gasteiger partial charge in [-0.3, -0.25) is 31.8 Å². The number of nitrogens with zero attached hydrogens (tertiary/aromatic N) is 12. The number of fused-ring (bicyclic) bond motifs is 3. The summed E-state index contributed by atoms with van der Waals surface area (Å²) in [5.74, 6) is -0.0122. The second-order valence-corrected chi connectivity index (χ2v) is 17.1. The van der Waals surface area contributed by atoms with Crippen molar-refractivity contribution in [1.29, 1.82) is 0 Å². The maximum Gasteiger partial charge on any atom is 0.472 e. The monoisotopic (exact) mass is 925 g/mol. The molecule has 9 rings (SSSR count). The molecule has 0 bridgehead atoms. The molecule has 0 aromatic carbocycles.